The second-order valence-electron chi connectivity index (χ2n) is 5.10. The van der Waals surface area contributed by atoms with Gasteiger partial charge in [-0.15, -0.1) is 0 Å². The third kappa shape index (κ3) is 3.78. The van der Waals surface area contributed by atoms with Crippen molar-refractivity contribution in [3.8, 4) is 0 Å². The zero-order valence-electron chi connectivity index (χ0n) is 12.2. The van der Waals surface area contributed by atoms with Gasteiger partial charge in [-0.1, -0.05) is 48.5 Å². The summed E-state index contributed by atoms with van der Waals surface area (Å²) in [7, 11) is 0. The highest BCUT2D eigenvalue weighted by Crippen LogP contribution is 2.28. The maximum Gasteiger partial charge on any atom is 0.142 e. The highest BCUT2D eigenvalue weighted by atomic mass is 16.1. The van der Waals surface area contributed by atoms with Crippen molar-refractivity contribution in [1.82, 2.24) is 0 Å². The summed E-state index contributed by atoms with van der Waals surface area (Å²) in [6.45, 7) is 2.93. The minimum atomic E-state index is -0.687. The first-order valence-corrected chi connectivity index (χ1v) is 6.97. The van der Waals surface area contributed by atoms with Gasteiger partial charge in [0.05, 0.1) is 12.0 Å². The fourth-order valence-corrected chi connectivity index (χ4v) is 2.49. The van der Waals surface area contributed by atoms with E-state index in [2.05, 4.69) is 5.32 Å². The molecule has 0 unspecified atom stereocenters. The van der Waals surface area contributed by atoms with Gasteiger partial charge in [-0.05, 0) is 31.5 Å². The van der Waals surface area contributed by atoms with Crippen LogP contribution in [-0.2, 0) is 9.59 Å². The van der Waals surface area contributed by atoms with Gasteiger partial charge in [0, 0.05) is 5.69 Å². The van der Waals surface area contributed by atoms with Crippen LogP contribution in [0.5, 0.6) is 0 Å². The molecule has 0 aliphatic rings. The second-order valence-corrected chi connectivity index (χ2v) is 5.10. The molecule has 3 nitrogen and oxygen atoms in total. The van der Waals surface area contributed by atoms with Crippen LogP contribution in [0.1, 0.15) is 25.5 Å². The number of anilines is 1. The van der Waals surface area contributed by atoms with Crippen molar-refractivity contribution in [2.24, 2.45) is 5.92 Å². The van der Waals surface area contributed by atoms with E-state index < -0.39 is 5.92 Å². The molecule has 0 spiro atoms. The summed E-state index contributed by atoms with van der Waals surface area (Å²) in [5, 5.41) is 3.32. The van der Waals surface area contributed by atoms with Crippen LogP contribution in [0, 0.1) is 5.92 Å². The quantitative estimate of drug-likeness (QED) is 0.822. The maximum absolute atomic E-state index is 11.9. The Hall–Kier alpha value is -2.42. The first-order valence-electron chi connectivity index (χ1n) is 6.97. The summed E-state index contributed by atoms with van der Waals surface area (Å²) in [6.07, 6.45) is 0. The summed E-state index contributed by atoms with van der Waals surface area (Å²) in [5.41, 5.74) is 1.82. The number of benzene rings is 2. The number of carbonyl (C=O) groups is 2. The molecule has 21 heavy (non-hydrogen) atoms. The number of para-hydroxylation sites is 1. The van der Waals surface area contributed by atoms with Crippen molar-refractivity contribution in [2.45, 2.75) is 19.9 Å². The molecule has 0 heterocycles. The minimum Gasteiger partial charge on any atom is -0.377 e. The van der Waals surface area contributed by atoms with Crippen molar-refractivity contribution < 1.29 is 9.59 Å². The SMILES string of the molecule is CC(=O)C(C(C)=O)[C@H](Nc1ccccc1)c1ccccc1. The van der Waals surface area contributed by atoms with Gasteiger partial charge in [-0.25, -0.2) is 0 Å². The normalized spacial score (nSPS) is 12.0. The lowest BCUT2D eigenvalue weighted by Gasteiger charge is -2.26. The molecule has 0 amide bonds. The van der Waals surface area contributed by atoms with E-state index >= 15 is 0 Å². The lowest BCUT2D eigenvalue weighted by Crippen LogP contribution is -2.31. The van der Waals surface area contributed by atoms with Crippen molar-refractivity contribution >= 4 is 17.3 Å². The summed E-state index contributed by atoms with van der Waals surface area (Å²) in [4.78, 5) is 23.9. The molecule has 1 atom stereocenters. The Morgan fingerprint density at radius 3 is 1.76 bits per heavy atom. The van der Waals surface area contributed by atoms with Crippen molar-refractivity contribution in [1.29, 1.82) is 0 Å². The molecule has 1 N–H and O–H groups in total. The first kappa shape index (κ1) is 15.0. The Balaban J connectivity index is 2.39. The molecule has 2 aromatic rings. The third-order valence-corrected chi connectivity index (χ3v) is 3.46. The van der Waals surface area contributed by atoms with Crippen LogP contribution in [0.3, 0.4) is 0 Å². The average Bonchev–Trinajstić information content (AvgIpc) is 2.48. The number of carbonyl (C=O) groups excluding carboxylic acids is 2. The smallest absolute Gasteiger partial charge is 0.142 e. The van der Waals surface area contributed by atoms with Crippen LogP contribution in [0.15, 0.2) is 60.7 Å². The largest absolute Gasteiger partial charge is 0.377 e. The van der Waals surface area contributed by atoms with Gasteiger partial charge in [0.2, 0.25) is 0 Å². The highest BCUT2D eigenvalue weighted by Gasteiger charge is 2.30. The molecule has 0 saturated heterocycles. The summed E-state index contributed by atoms with van der Waals surface area (Å²) in [5.74, 6) is -0.938. The van der Waals surface area contributed by atoms with Gasteiger partial charge in [-0.2, -0.15) is 0 Å². The Bertz CT molecular complexity index is 594. The lowest BCUT2D eigenvalue weighted by molar-refractivity contribution is -0.131. The number of hydrogen-bond acceptors (Lipinski definition) is 3. The zero-order chi connectivity index (χ0) is 15.2. The van der Waals surface area contributed by atoms with Crippen LogP contribution < -0.4 is 5.32 Å². The Kier molecular flexibility index (Phi) is 4.88. The molecule has 2 rings (SSSR count). The van der Waals surface area contributed by atoms with Crippen LogP contribution in [0.2, 0.25) is 0 Å². The molecular weight excluding hydrogens is 262 g/mol. The number of nitrogens with one attached hydrogen (secondary N) is 1. The van der Waals surface area contributed by atoms with E-state index in [4.69, 9.17) is 0 Å². The fourth-order valence-electron chi connectivity index (χ4n) is 2.49. The van der Waals surface area contributed by atoms with E-state index in [0.717, 1.165) is 11.3 Å². The van der Waals surface area contributed by atoms with E-state index in [1.165, 1.54) is 13.8 Å². The van der Waals surface area contributed by atoms with Crippen LogP contribution in [0.25, 0.3) is 0 Å². The van der Waals surface area contributed by atoms with E-state index in [1.54, 1.807) is 0 Å². The highest BCUT2D eigenvalue weighted by molar-refractivity contribution is 6.01. The Labute approximate surface area is 125 Å². The standard InChI is InChI=1S/C18H19NO2/c1-13(20)17(14(2)21)18(15-9-5-3-6-10-15)19-16-11-7-4-8-12-16/h3-12,17-19H,1-2H3/t18-/m1/s1. The van der Waals surface area contributed by atoms with Gasteiger partial charge < -0.3 is 5.32 Å². The monoisotopic (exact) mass is 281 g/mol. The van der Waals surface area contributed by atoms with Crippen LogP contribution in [0.4, 0.5) is 5.69 Å². The minimum absolute atomic E-state index is 0.125. The Morgan fingerprint density at radius 2 is 1.29 bits per heavy atom. The molecular formula is C18H19NO2. The van der Waals surface area contributed by atoms with Gasteiger partial charge in [-0.3, -0.25) is 9.59 Å². The number of Topliss-reactive ketones (excluding diaryl/α,β-unsaturated/α-hetero) is 2. The average molecular weight is 281 g/mol. The summed E-state index contributed by atoms with van der Waals surface area (Å²) in [6, 6.07) is 18.8. The molecule has 108 valence electrons. The van der Waals surface area contributed by atoms with Crippen LogP contribution in [-0.4, -0.2) is 11.6 Å². The molecule has 2 aromatic carbocycles. The summed E-state index contributed by atoms with van der Waals surface area (Å²) >= 11 is 0. The lowest BCUT2D eigenvalue weighted by atomic mass is 9.87. The van der Waals surface area contributed by atoms with E-state index in [-0.39, 0.29) is 17.6 Å². The molecule has 0 aromatic heterocycles. The number of ketones is 2. The number of hydrogen-bond donors (Lipinski definition) is 1. The zero-order valence-corrected chi connectivity index (χ0v) is 12.2. The molecule has 0 saturated carbocycles. The first-order chi connectivity index (χ1) is 10.1. The topological polar surface area (TPSA) is 46.2 Å². The van der Waals surface area contributed by atoms with Gasteiger partial charge in [0.15, 0.2) is 0 Å². The maximum atomic E-state index is 11.9. The molecule has 0 aliphatic carbocycles. The molecule has 0 bridgehead atoms. The second kappa shape index (κ2) is 6.84. The van der Waals surface area contributed by atoms with E-state index in [1.807, 2.05) is 60.7 Å². The van der Waals surface area contributed by atoms with Crippen molar-refractivity contribution in [3.05, 3.63) is 66.2 Å². The number of rotatable bonds is 6. The van der Waals surface area contributed by atoms with E-state index in [9.17, 15) is 9.59 Å². The Morgan fingerprint density at radius 1 is 0.810 bits per heavy atom. The van der Waals surface area contributed by atoms with E-state index in [0.29, 0.717) is 0 Å². The van der Waals surface area contributed by atoms with Gasteiger partial charge in [0.1, 0.15) is 11.6 Å². The summed E-state index contributed by atoms with van der Waals surface area (Å²) < 4.78 is 0. The van der Waals surface area contributed by atoms with Crippen molar-refractivity contribution in [2.75, 3.05) is 5.32 Å². The third-order valence-electron chi connectivity index (χ3n) is 3.46. The van der Waals surface area contributed by atoms with Crippen molar-refractivity contribution in [3.63, 3.8) is 0 Å². The molecule has 3 heteroatoms. The van der Waals surface area contributed by atoms with Crippen LogP contribution >= 0.6 is 0 Å². The van der Waals surface area contributed by atoms with Gasteiger partial charge >= 0.3 is 0 Å². The molecule has 0 fully saturated rings. The molecule has 0 aliphatic heterocycles. The van der Waals surface area contributed by atoms with Gasteiger partial charge in [0.25, 0.3) is 0 Å². The molecule has 0 radical (unpaired) electrons. The predicted octanol–water partition coefficient (Wildman–Crippen LogP) is 3.63. The predicted molar refractivity (Wildman–Crippen MR) is 84.1 cm³/mol. The fraction of sp³-hybridized carbons (Fsp3) is 0.222.